The zero-order chi connectivity index (χ0) is 24.7. The third-order valence-electron chi connectivity index (χ3n) is 7.50. The van der Waals surface area contributed by atoms with E-state index in [1.54, 1.807) is 0 Å². The lowest BCUT2D eigenvalue weighted by molar-refractivity contribution is -0.146. The lowest BCUT2D eigenvalue weighted by atomic mass is 9.54. The van der Waals surface area contributed by atoms with Crippen LogP contribution in [0.15, 0.2) is 72.8 Å². The van der Waals surface area contributed by atoms with Gasteiger partial charge < -0.3 is 5.32 Å². The number of rotatable bonds is 3. The quantitative estimate of drug-likeness (QED) is 0.410. The number of hydrogen-bond acceptors (Lipinski definition) is 3. The van der Waals surface area contributed by atoms with E-state index in [0.29, 0.717) is 27.9 Å². The molecule has 176 valence electrons. The number of nitrogens with zero attached hydrogens (tertiary/aromatic N) is 1. The number of likely N-dealkylation sites (tertiary alicyclic amines) is 1. The first-order valence-corrected chi connectivity index (χ1v) is 12.0. The van der Waals surface area contributed by atoms with E-state index in [1.807, 2.05) is 48.5 Å². The Morgan fingerprint density at radius 2 is 1.23 bits per heavy atom. The molecule has 3 aromatic carbocycles. The van der Waals surface area contributed by atoms with Crippen molar-refractivity contribution in [1.29, 1.82) is 0 Å². The molecule has 3 amide bonds. The maximum Gasteiger partial charge on any atom is 0.247 e. The second-order valence-corrected chi connectivity index (χ2v) is 10.4. The zero-order valence-electron chi connectivity index (χ0n) is 18.5. The molecule has 2 bridgehead atoms. The number of hydrogen-bond donors (Lipinski definition) is 1. The maximum absolute atomic E-state index is 13.9. The molecule has 1 saturated heterocycles. The first kappa shape index (κ1) is 22.3. The zero-order valence-corrected chi connectivity index (χ0v) is 20.0. The summed E-state index contributed by atoms with van der Waals surface area (Å²) in [5.41, 5.74) is 3.14. The Labute approximate surface area is 210 Å². The molecule has 3 atom stereocenters. The highest BCUT2D eigenvalue weighted by molar-refractivity contribution is 6.36. The highest BCUT2D eigenvalue weighted by atomic mass is 35.5. The molecule has 4 aliphatic rings. The molecule has 0 aromatic heterocycles. The van der Waals surface area contributed by atoms with Crippen LogP contribution in [0.2, 0.25) is 0 Å². The number of alkyl halides is 2. The van der Waals surface area contributed by atoms with Gasteiger partial charge in [0.2, 0.25) is 17.7 Å². The molecule has 3 aromatic rings. The van der Waals surface area contributed by atoms with Crippen molar-refractivity contribution in [2.75, 3.05) is 5.32 Å². The highest BCUT2D eigenvalue weighted by Crippen LogP contribution is 2.69. The van der Waals surface area contributed by atoms with E-state index in [2.05, 4.69) is 5.32 Å². The molecular formula is C27H19Cl2FN2O3. The van der Waals surface area contributed by atoms with Crippen LogP contribution in [0.4, 0.5) is 10.1 Å². The topological polar surface area (TPSA) is 66.5 Å². The van der Waals surface area contributed by atoms with Gasteiger partial charge in [-0.25, -0.2) is 4.39 Å². The summed E-state index contributed by atoms with van der Waals surface area (Å²) in [5, 5.41) is 2.64. The van der Waals surface area contributed by atoms with Gasteiger partial charge >= 0.3 is 0 Å². The largest absolute Gasteiger partial charge is 0.324 e. The lowest BCUT2D eigenvalue weighted by Crippen LogP contribution is -2.57. The molecule has 3 aliphatic carbocycles. The first-order valence-electron chi connectivity index (χ1n) is 11.2. The van der Waals surface area contributed by atoms with Crippen LogP contribution in [0.25, 0.3) is 0 Å². The number of carbonyl (C=O) groups excluding carboxylic acids is 3. The molecule has 1 N–H and O–H groups in total. The molecule has 35 heavy (non-hydrogen) atoms. The Bertz CT molecular complexity index is 1300. The first-order chi connectivity index (χ1) is 16.7. The van der Waals surface area contributed by atoms with E-state index in [1.165, 1.54) is 31.2 Å². The minimum absolute atomic E-state index is 0.349. The number of anilines is 1. The van der Waals surface area contributed by atoms with Crippen LogP contribution in [0, 0.1) is 17.7 Å². The summed E-state index contributed by atoms with van der Waals surface area (Å²) < 4.78 is 13.2. The fourth-order valence-corrected chi connectivity index (χ4v) is 7.07. The van der Waals surface area contributed by atoms with Crippen molar-refractivity contribution < 1.29 is 18.8 Å². The Kier molecular flexibility index (Phi) is 4.70. The number of nitrogens with one attached hydrogen (secondary N) is 1. The van der Waals surface area contributed by atoms with E-state index >= 15 is 0 Å². The van der Waals surface area contributed by atoms with E-state index in [4.69, 9.17) is 23.2 Å². The van der Waals surface area contributed by atoms with Gasteiger partial charge in [-0.05, 0) is 53.4 Å². The highest BCUT2D eigenvalue weighted by Gasteiger charge is 2.73. The minimum Gasteiger partial charge on any atom is -0.324 e. The molecule has 0 unspecified atom stereocenters. The summed E-state index contributed by atoms with van der Waals surface area (Å²) in [5.74, 6) is -4.04. The molecule has 0 radical (unpaired) electrons. The van der Waals surface area contributed by atoms with Gasteiger partial charge in [0.05, 0.1) is 11.8 Å². The summed E-state index contributed by atoms with van der Waals surface area (Å²) in [6, 6.07) is 18.8. The average Bonchev–Trinajstić information content (AvgIpc) is 3.14. The predicted octanol–water partition coefficient (Wildman–Crippen LogP) is 4.75. The van der Waals surface area contributed by atoms with Gasteiger partial charge in [-0.3, -0.25) is 19.3 Å². The van der Waals surface area contributed by atoms with Crippen LogP contribution in [0.5, 0.6) is 0 Å². The lowest BCUT2D eigenvalue weighted by Gasteiger charge is -2.54. The Morgan fingerprint density at radius 1 is 0.829 bits per heavy atom. The van der Waals surface area contributed by atoms with Crippen molar-refractivity contribution in [1.82, 2.24) is 4.90 Å². The van der Waals surface area contributed by atoms with Crippen molar-refractivity contribution >= 4 is 46.6 Å². The van der Waals surface area contributed by atoms with Crippen molar-refractivity contribution in [3.63, 3.8) is 0 Å². The van der Waals surface area contributed by atoms with Crippen molar-refractivity contribution in [3.05, 3.63) is 101 Å². The summed E-state index contributed by atoms with van der Waals surface area (Å²) in [6.07, 6.45) is 0. The number of amides is 3. The van der Waals surface area contributed by atoms with Gasteiger partial charge in [0.15, 0.2) is 0 Å². The molecular weight excluding hydrogens is 490 g/mol. The number of imide groups is 1. The Morgan fingerprint density at radius 3 is 1.63 bits per heavy atom. The number of halogens is 3. The van der Waals surface area contributed by atoms with Crippen LogP contribution in [-0.4, -0.2) is 28.7 Å². The molecule has 5 nitrogen and oxygen atoms in total. The van der Waals surface area contributed by atoms with Crippen LogP contribution in [-0.2, 0) is 24.1 Å². The SMILES string of the molecule is C[C@H](C(=O)Nc1ccc(F)cc1)N1C(=O)[C@@H]2[C@H](C1=O)C1(Cl)c3ccccc3C2(Cl)c2ccccc21. The molecule has 0 saturated carbocycles. The standard InChI is InChI=1S/C27H19Cl2FN2O3/c1-14(23(33)31-16-12-10-15(30)11-13-16)32-24(34)21-22(25(32)35)27(29)18-7-3-2-6-17(18)26(21,28)19-8-4-5-9-20(19)27/h2-14,21-22H,1H3,(H,31,33)/t14-,21-,22+,26?,27?/m1/s1. The van der Waals surface area contributed by atoms with Crippen molar-refractivity contribution in [2.24, 2.45) is 11.8 Å². The summed E-state index contributed by atoms with van der Waals surface area (Å²) >= 11 is 14.8. The van der Waals surface area contributed by atoms with Crippen LogP contribution in [0.1, 0.15) is 29.2 Å². The van der Waals surface area contributed by atoms with Crippen LogP contribution < -0.4 is 5.32 Å². The second kappa shape index (κ2) is 7.39. The Balaban J connectivity index is 1.45. The van der Waals surface area contributed by atoms with E-state index < -0.39 is 51.2 Å². The van der Waals surface area contributed by atoms with E-state index in [9.17, 15) is 18.8 Å². The summed E-state index contributed by atoms with van der Waals surface area (Å²) in [7, 11) is 0. The summed E-state index contributed by atoms with van der Waals surface area (Å²) in [6.45, 7) is 1.48. The number of benzene rings is 3. The summed E-state index contributed by atoms with van der Waals surface area (Å²) in [4.78, 5) is 39.2. The molecule has 1 aliphatic heterocycles. The van der Waals surface area contributed by atoms with E-state index in [0.717, 1.165) is 4.90 Å². The number of carbonyl (C=O) groups is 3. The molecule has 0 spiro atoms. The average molecular weight is 509 g/mol. The smallest absolute Gasteiger partial charge is 0.247 e. The monoisotopic (exact) mass is 508 g/mol. The third-order valence-corrected chi connectivity index (χ3v) is 8.78. The normalized spacial score (nSPS) is 28.9. The van der Waals surface area contributed by atoms with Crippen molar-refractivity contribution in [2.45, 2.75) is 22.7 Å². The van der Waals surface area contributed by atoms with Gasteiger partial charge in [-0.15, -0.1) is 23.2 Å². The van der Waals surface area contributed by atoms with E-state index in [-0.39, 0.29) is 0 Å². The second-order valence-electron chi connectivity index (χ2n) is 9.19. The van der Waals surface area contributed by atoms with Crippen LogP contribution >= 0.6 is 23.2 Å². The fourth-order valence-electron chi connectivity index (χ4n) is 5.97. The fraction of sp³-hybridized carbons (Fsp3) is 0.222. The predicted molar refractivity (Wildman–Crippen MR) is 129 cm³/mol. The Hall–Kier alpha value is -3.22. The van der Waals surface area contributed by atoms with Gasteiger partial charge in [0.25, 0.3) is 0 Å². The van der Waals surface area contributed by atoms with Gasteiger partial charge in [0, 0.05) is 5.69 Å². The molecule has 7 rings (SSSR count). The molecule has 8 heteroatoms. The van der Waals surface area contributed by atoms with Crippen molar-refractivity contribution in [3.8, 4) is 0 Å². The molecule has 1 fully saturated rings. The third kappa shape index (κ3) is 2.72. The molecule has 1 heterocycles. The maximum atomic E-state index is 13.9. The van der Waals surface area contributed by atoms with Crippen LogP contribution in [0.3, 0.4) is 0 Å². The van der Waals surface area contributed by atoms with Gasteiger partial charge in [-0.1, -0.05) is 48.5 Å². The van der Waals surface area contributed by atoms with Gasteiger partial charge in [0.1, 0.15) is 21.6 Å². The van der Waals surface area contributed by atoms with Gasteiger partial charge in [-0.2, -0.15) is 0 Å². The minimum atomic E-state index is -1.30.